The maximum absolute atomic E-state index is 12.6. The van der Waals surface area contributed by atoms with Gasteiger partial charge in [-0.3, -0.25) is 0 Å². The van der Waals surface area contributed by atoms with Crippen LogP contribution in [0.25, 0.3) is 5.69 Å². The van der Waals surface area contributed by atoms with Crippen molar-refractivity contribution in [1.82, 2.24) is 14.8 Å². The Morgan fingerprint density at radius 3 is 2.78 bits per heavy atom. The molecule has 0 aliphatic heterocycles. The predicted molar refractivity (Wildman–Crippen MR) is 65.5 cm³/mol. The van der Waals surface area contributed by atoms with Gasteiger partial charge in [0, 0.05) is 0 Å². The lowest BCUT2D eigenvalue weighted by atomic mass is 10.2. The molecule has 2 aromatic rings. The Hall–Kier alpha value is -1.69. The third-order valence-electron chi connectivity index (χ3n) is 2.40. The minimum atomic E-state index is -2.47. The molecule has 1 N–H and O–H groups in total. The first-order chi connectivity index (χ1) is 8.59. The molecule has 1 aromatic carbocycles. The van der Waals surface area contributed by atoms with Crippen molar-refractivity contribution in [3.05, 3.63) is 35.9 Å². The summed E-state index contributed by atoms with van der Waals surface area (Å²) in [6.45, 7) is 1.40. The molecular weight excluding hydrogens is 262 g/mol. The van der Waals surface area contributed by atoms with Crippen molar-refractivity contribution in [2.75, 3.05) is 5.32 Å². The zero-order valence-electron chi connectivity index (χ0n) is 9.52. The maximum atomic E-state index is 12.6. The van der Waals surface area contributed by atoms with Crippen molar-refractivity contribution in [3.63, 3.8) is 0 Å². The highest BCUT2D eigenvalue weighted by molar-refractivity contribution is 6.33. The summed E-state index contributed by atoms with van der Waals surface area (Å²) in [5.74, 6) is 0. The fourth-order valence-corrected chi connectivity index (χ4v) is 1.76. The molecule has 0 saturated heterocycles. The zero-order chi connectivity index (χ0) is 13.1. The minimum Gasteiger partial charge on any atom is -0.375 e. The van der Waals surface area contributed by atoms with E-state index < -0.39 is 12.5 Å². The Kier molecular flexibility index (Phi) is 3.76. The number of aromatic nitrogens is 3. The predicted octanol–water partition coefficient (Wildman–Crippen LogP) is 2.99. The third kappa shape index (κ3) is 2.59. The molecule has 4 nitrogen and oxygen atoms in total. The van der Waals surface area contributed by atoms with Gasteiger partial charge in [0.25, 0.3) is 6.43 Å². The summed E-state index contributed by atoms with van der Waals surface area (Å²) in [7, 11) is 0. The van der Waals surface area contributed by atoms with Crippen LogP contribution in [0.5, 0.6) is 0 Å². The molecule has 0 saturated carbocycles. The van der Waals surface area contributed by atoms with E-state index in [4.69, 9.17) is 11.6 Å². The van der Waals surface area contributed by atoms with Gasteiger partial charge in [-0.05, 0) is 19.1 Å². The Bertz CT molecular complexity index is 516. The molecule has 2 rings (SSSR count). The standard InChI is InChI=1S/C11H11ClF2N4/c1-7(11(13)14)17-9-4-2-3-8(12)10(9)18-6-15-5-16-18/h2-7,11,17H,1H3. The molecule has 1 atom stereocenters. The topological polar surface area (TPSA) is 42.7 Å². The first kappa shape index (κ1) is 12.8. The van der Waals surface area contributed by atoms with Crippen LogP contribution < -0.4 is 5.32 Å². The van der Waals surface area contributed by atoms with E-state index in [1.165, 1.54) is 24.3 Å². The summed E-state index contributed by atoms with van der Waals surface area (Å²) >= 11 is 6.07. The van der Waals surface area contributed by atoms with Gasteiger partial charge in [-0.1, -0.05) is 17.7 Å². The van der Waals surface area contributed by atoms with Crippen molar-refractivity contribution in [3.8, 4) is 5.69 Å². The monoisotopic (exact) mass is 272 g/mol. The minimum absolute atomic E-state index is 0.409. The maximum Gasteiger partial charge on any atom is 0.258 e. The molecule has 1 aromatic heterocycles. The second-order valence-corrected chi connectivity index (χ2v) is 4.15. The average Bonchev–Trinajstić information content (AvgIpc) is 2.82. The summed E-state index contributed by atoms with van der Waals surface area (Å²) in [5, 5.41) is 7.08. The van der Waals surface area contributed by atoms with Crippen molar-refractivity contribution in [1.29, 1.82) is 0 Å². The molecular formula is C11H11ClF2N4. The van der Waals surface area contributed by atoms with Crippen LogP contribution in [-0.4, -0.2) is 27.2 Å². The molecule has 0 bridgehead atoms. The molecule has 0 aliphatic rings. The number of halogens is 3. The molecule has 96 valence electrons. The van der Waals surface area contributed by atoms with Gasteiger partial charge in [-0.15, -0.1) is 0 Å². The lowest BCUT2D eigenvalue weighted by molar-refractivity contribution is 0.130. The number of hydrogen-bond donors (Lipinski definition) is 1. The lowest BCUT2D eigenvalue weighted by Gasteiger charge is -2.17. The summed E-state index contributed by atoms with van der Waals surface area (Å²) in [5.41, 5.74) is 0.991. The van der Waals surface area contributed by atoms with Gasteiger partial charge in [0.15, 0.2) is 0 Å². The molecule has 0 fully saturated rings. The smallest absolute Gasteiger partial charge is 0.258 e. The second kappa shape index (κ2) is 5.30. The fraction of sp³-hybridized carbons (Fsp3) is 0.273. The van der Waals surface area contributed by atoms with E-state index in [1.807, 2.05) is 0 Å². The normalized spacial score (nSPS) is 12.7. The highest BCUT2D eigenvalue weighted by Gasteiger charge is 2.17. The van der Waals surface area contributed by atoms with Crippen LogP contribution in [0.2, 0.25) is 5.02 Å². The summed E-state index contributed by atoms with van der Waals surface area (Å²) in [6.07, 6.45) is 0.343. The Morgan fingerprint density at radius 1 is 1.39 bits per heavy atom. The number of hydrogen-bond acceptors (Lipinski definition) is 3. The molecule has 1 unspecified atom stereocenters. The molecule has 0 spiro atoms. The quantitative estimate of drug-likeness (QED) is 0.930. The van der Waals surface area contributed by atoms with E-state index in [0.717, 1.165) is 0 Å². The van der Waals surface area contributed by atoms with Gasteiger partial charge in [0.1, 0.15) is 18.3 Å². The van der Waals surface area contributed by atoms with Crippen molar-refractivity contribution in [2.24, 2.45) is 0 Å². The number of nitrogens with one attached hydrogen (secondary N) is 1. The molecule has 0 aliphatic carbocycles. The van der Waals surface area contributed by atoms with Crippen molar-refractivity contribution < 1.29 is 8.78 Å². The van der Waals surface area contributed by atoms with Gasteiger partial charge >= 0.3 is 0 Å². The Morgan fingerprint density at radius 2 is 2.17 bits per heavy atom. The van der Waals surface area contributed by atoms with Gasteiger partial charge in [-0.25, -0.2) is 18.4 Å². The van der Waals surface area contributed by atoms with E-state index in [2.05, 4.69) is 15.4 Å². The first-order valence-electron chi connectivity index (χ1n) is 5.28. The molecule has 0 radical (unpaired) electrons. The summed E-state index contributed by atoms with van der Waals surface area (Å²) in [6, 6.07) is 4.03. The number of nitrogens with zero attached hydrogens (tertiary/aromatic N) is 3. The largest absolute Gasteiger partial charge is 0.375 e. The van der Waals surface area contributed by atoms with Gasteiger partial charge in [0.2, 0.25) is 0 Å². The van der Waals surface area contributed by atoms with E-state index in [1.54, 1.807) is 18.2 Å². The molecule has 1 heterocycles. The van der Waals surface area contributed by atoms with E-state index in [0.29, 0.717) is 16.4 Å². The molecule has 0 amide bonds. The van der Waals surface area contributed by atoms with Crippen molar-refractivity contribution in [2.45, 2.75) is 19.4 Å². The van der Waals surface area contributed by atoms with Gasteiger partial charge < -0.3 is 5.32 Å². The van der Waals surface area contributed by atoms with Crippen LogP contribution in [0, 0.1) is 0 Å². The molecule has 18 heavy (non-hydrogen) atoms. The van der Waals surface area contributed by atoms with Crippen LogP contribution in [0.15, 0.2) is 30.9 Å². The summed E-state index contributed by atoms with van der Waals surface area (Å²) < 4.78 is 26.6. The van der Waals surface area contributed by atoms with E-state index in [9.17, 15) is 8.78 Å². The van der Waals surface area contributed by atoms with E-state index >= 15 is 0 Å². The fourth-order valence-electron chi connectivity index (χ4n) is 1.50. The number of rotatable bonds is 4. The van der Waals surface area contributed by atoms with Crippen LogP contribution in [-0.2, 0) is 0 Å². The summed E-state index contributed by atoms with van der Waals surface area (Å²) in [4.78, 5) is 3.81. The highest BCUT2D eigenvalue weighted by Crippen LogP contribution is 2.28. The number of anilines is 1. The Labute approximate surface area is 108 Å². The number of para-hydroxylation sites is 1. The SMILES string of the molecule is CC(Nc1cccc(Cl)c1-n1cncn1)C(F)F. The van der Waals surface area contributed by atoms with Crippen LogP contribution in [0.4, 0.5) is 14.5 Å². The van der Waals surface area contributed by atoms with Crippen LogP contribution >= 0.6 is 11.6 Å². The van der Waals surface area contributed by atoms with Crippen molar-refractivity contribution >= 4 is 17.3 Å². The molecule has 7 heteroatoms. The Balaban J connectivity index is 2.39. The highest BCUT2D eigenvalue weighted by atomic mass is 35.5. The number of alkyl halides is 2. The van der Waals surface area contributed by atoms with Crippen LogP contribution in [0.1, 0.15) is 6.92 Å². The van der Waals surface area contributed by atoms with Gasteiger partial charge in [-0.2, -0.15) is 5.10 Å². The lowest BCUT2D eigenvalue weighted by Crippen LogP contribution is -2.24. The number of benzene rings is 1. The van der Waals surface area contributed by atoms with Gasteiger partial charge in [0.05, 0.1) is 16.8 Å². The van der Waals surface area contributed by atoms with E-state index in [-0.39, 0.29) is 0 Å². The first-order valence-corrected chi connectivity index (χ1v) is 5.65. The third-order valence-corrected chi connectivity index (χ3v) is 2.70. The second-order valence-electron chi connectivity index (χ2n) is 3.74. The zero-order valence-corrected chi connectivity index (χ0v) is 10.3. The average molecular weight is 273 g/mol. The van der Waals surface area contributed by atoms with Crippen LogP contribution in [0.3, 0.4) is 0 Å².